The Kier molecular flexibility index (Phi) is 5.47. The van der Waals surface area contributed by atoms with E-state index in [1.807, 2.05) is 0 Å². The van der Waals surface area contributed by atoms with Gasteiger partial charge in [-0.1, -0.05) is 0 Å². The number of sulfonamides is 1. The lowest BCUT2D eigenvalue weighted by molar-refractivity contribution is -0.141. The molecule has 1 aromatic heterocycles. The number of benzene rings is 1. The Morgan fingerprint density at radius 1 is 1.16 bits per heavy atom. The molecule has 0 aliphatic heterocycles. The molecule has 0 aliphatic rings. The zero-order chi connectivity index (χ0) is 18.8. The molecular formula is C14H14F5N3O2S. The van der Waals surface area contributed by atoms with Crippen molar-refractivity contribution in [3.63, 3.8) is 0 Å². The van der Waals surface area contributed by atoms with E-state index >= 15 is 0 Å². The summed E-state index contributed by atoms with van der Waals surface area (Å²) < 4.78 is 90.7. The lowest BCUT2D eigenvalue weighted by atomic mass is 10.3. The van der Waals surface area contributed by atoms with Gasteiger partial charge in [0.1, 0.15) is 0 Å². The number of aryl methyl sites for hydroxylation is 2. The van der Waals surface area contributed by atoms with Gasteiger partial charge < -0.3 is 0 Å². The van der Waals surface area contributed by atoms with E-state index in [0.29, 0.717) is 12.1 Å². The van der Waals surface area contributed by atoms with Crippen molar-refractivity contribution in [1.82, 2.24) is 14.5 Å². The molecule has 5 nitrogen and oxygen atoms in total. The van der Waals surface area contributed by atoms with Gasteiger partial charge in [-0.15, -0.1) is 0 Å². The molecule has 0 bridgehead atoms. The van der Waals surface area contributed by atoms with Gasteiger partial charge >= 0.3 is 6.18 Å². The van der Waals surface area contributed by atoms with Gasteiger partial charge in [-0.25, -0.2) is 21.9 Å². The minimum Gasteiger partial charge on any atom is -0.269 e. The molecule has 0 amide bonds. The summed E-state index contributed by atoms with van der Waals surface area (Å²) in [5, 5.41) is 3.42. The second kappa shape index (κ2) is 7.08. The van der Waals surface area contributed by atoms with E-state index in [1.165, 1.54) is 6.92 Å². The summed E-state index contributed by atoms with van der Waals surface area (Å²) in [6.07, 6.45) is -4.40. The first-order chi connectivity index (χ1) is 11.5. The first kappa shape index (κ1) is 19.3. The van der Waals surface area contributed by atoms with Crippen LogP contribution in [0.3, 0.4) is 0 Å². The molecule has 0 unspecified atom stereocenters. The van der Waals surface area contributed by atoms with Crippen LogP contribution in [0.2, 0.25) is 0 Å². The highest BCUT2D eigenvalue weighted by Crippen LogP contribution is 2.28. The number of aromatic nitrogens is 2. The molecule has 0 atom stereocenters. The number of nitrogens with zero attached hydrogens (tertiary/aromatic N) is 2. The van der Waals surface area contributed by atoms with Crippen LogP contribution < -0.4 is 4.72 Å². The summed E-state index contributed by atoms with van der Waals surface area (Å²) >= 11 is 0. The highest BCUT2D eigenvalue weighted by molar-refractivity contribution is 7.89. The van der Waals surface area contributed by atoms with Gasteiger partial charge in [0.15, 0.2) is 17.3 Å². The van der Waals surface area contributed by atoms with Crippen LogP contribution in [-0.2, 0) is 22.7 Å². The number of hydrogen-bond donors (Lipinski definition) is 1. The predicted molar refractivity (Wildman–Crippen MR) is 78.1 cm³/mol. The topological polar surface area (TPSA) is 64.0 Å². The Balaban J connectivity index is 1.94. The van der Waals surface area contributed by atoms with Crippen molar-refractivity contribution in [3.05, 3.63) is 47.3 Å². The third-order valence-electron chi connectivity index (χ3n) is 3.31. The van der Waals surface area contributed by atoms with Crippen molar-refractivity contribution < 1.29 is 30.4 Å². The van der Waals surface area contributed by atoms with Crippen LogP contribution in [0, 0.1) is 18.6 Å². The molecule has 25 heavy (non-hydrogen) atoms. The zero-order valence-corrected chi connectivity index (χ0v) is 13.8. The number of alkyl halides is 3. The van der Waals surface area contributed by atoms with Crippen LogP contribution in [0.1, 0.15) is 17.8 Å². The van der Waals surface area contributed by atoms with Crippen LogP contribution in [-0.4, -0.2) is 24.7 Å². The third kappa shape index (κ3) is 4.75. The zero-order valence-electron chi connectivity index (χ0n) is 12.9. The standard InChI is InChI=1S/C14H14F5N3O2S/c1-9-7-13(14(17,18)19)21-22(9)6-2-5-20-25(23,24)10-3-4-11(15)12(16)8-10/h3-4,7-8,20H,2,5-6H2,1H3. The Bertz CT molecular complexity index is 862. The fraction of sp³-hybridized carbons (Fsp3) is 0.357. The van der Waals surface area contributed by atoms with Gasteiger partial charge in [0.25, 0.3) is 0 Å². The summed E-state index contributed by atoms with van der Waals surface area (Å²) in [6.45, 7) is 1.40. The number of nitrogens with one attached hydrogen (secondary N) is 1. The van der Waals surface area contributed by atoms with E-state index in [9.17, 15) is 30.4 Å². The predicted octanol–water partition coefficient (Wildman–Crippen LogP) is 2.86. The summed E-state index contributed by atoms with van der Waals surface area (Å²) in [4.78, 5) is -0.443. The van der Waals surface area contributed by atoms with Crippen molar-refractivity contribution in [1.29, 1.82) is 0 Å². The molecule has 0 aliphatic carbocycles. The normalized spacial score (nSPS) is 12.6. The molecule has 2 rings (SSSR count). The van der Waals surface area contributed by atoms with Crippen LogP contribution in [0.4, 0.5) is 22.0 Å². The number of hydrogen-bond acceptors (Lipinski definition) is 3. The summed E-state index contributed by atoms with van der Waals surface area (Å²) in [5.74, 6) is -2.47. The summed E-state index contributed by atoms with van der Waals surface area (Å²) in [5.41, 5.74) is -0.733. The molecule has 2 aromatic rings. The van der Waals surface area contributed by atoms with Crippen molar-refractivity contribution in [2.45, 2.75) is 31.0 Å². The van der Waals surface area contributed by atoms with Gasteiger partial charge in [-0.2, -0.15) is 18.3 Å². The maximum Gasteiger partial charge on any atom is 0.435 e. The van der Waals surface area contributed by atoms with Crippen LogP contribution in [0.25, 0.3) is 0 Å². The summed E-state index contributed by atoms with van der Waals surface area (Å²) in [6, 6.07) is 3.04. The van der Waals surface area contributed by atoms with Crippen LogP contribution in [0.15, 0.2) is 29.2 Å². The van der Waals surface area contributed by atoms with Crippen LogP contribution >= 0.6 is 0 Å². The van der Waals surface area contributed by atoms with E-state index in [0.717, 1.165) is 16.8 Å². The average Bonchev–Trinajstić information content (AvgIpc) is 2.88. The maximum absolute atomic E-state index is 13.1. The Morgan fingerprint density at radius 3 is 2.40 bits per heavy atom. The molecule has 1 aromatic carbocycles. The van der Waals surface area contributed by atoms with E-state index in [4.69, 9.17) is 0 Å². The monoisotopic (exact) mass is 383 g/mol. The highest BCUT2D eigenvalue weighted by Gasteiger charge is 2.34. The fourth-order valence-corrected chi connectivity index (χ4v) is 3.12. The molecule has 0 fully saturated rings. The fourth-order valence-electron chi connectivity index (χ4n) is 2.04. The molecule has 0 saturated carbocycles. The van der Waals surface area contributed by atoms with E-state index in [2.05, 4.69) is 9.82 Å². The molecular weight excluding hydrogens is 369 g/mol. The second-order valence-corrected chi connectivity index (χ2v) is 6.99. The van der Waals surface area contributed by atoms with Gasteiger partial charge in [-0.3, -0.25) is 4.68 Å². The SMILES string of the molecule is Cc1cc(C(F)(F)F)nn1CCCNS(=O)(=O)c1ccc(F)c(F)c1. The smallest absolute Gasteiger partial charge is 0.269 e. The van der Waals surface area contributed by atoms with Gasteiger partial charge in [0.2, 0.25) is 10.0 Å². The van der Waals surface area contributed by atoms with Crippen molar-refractivity contribution in [3.8, 4) is 0 Å². The highest BCUT2D eigenvalue weighted by atomic mass is 32.2. The largest absolute Gasteiger partial charge is 0.435 e. The molecule has 0 radical (unpaired) electrons. The van der Waals surface area contributed by atoms with Crippen molar-refractivity contribution in [2.75, 3.05) is 6.54 Å². The Morgan fingerprint density at radius 2 is 1.84 bits per heavy atom. The quantitative estimate of drug-likeness (QED) is 0.616. The van der Waals surface area contributed by atoms with E-state index in [1.54, 1.807) is 0 Å². The first-order valence-corrected chi connectivity index (χ1v) is 8.55. The minimum atomic E-state index is -4.55. The molecule has 0 spiro atoms. The van der Waals surface area contributed by atoms with Crippen molar-refractivity contribution >= 4 is 10.0 Å². The third-order valence-corrected chi connectivity index (χ3v) is 4.77. The van der Waals surface area contributed by atoms with Gasteiger partial charge in [0, 0.05) is 18.8 Å². The van der Waals surface area contributed by atoms with E-state index < -0.39 is 38.4 Å². The molecule has 1 N–H and O–H groups in total. The molecule has 138 valence electrons. The first-order valence-electron chi connectivity index (χ1n) is 7.07. The average molecular weight is 383 g/mol. The Hall–Kier alpha value is -2.01. The molecule has 0 saturated heterocycles. The van der Waals surface area contributed by atoms with Gasteiger partial charge in [0.05, 0.1) is 4.90 Å². The molecule has 1 heterocycles. The maximum atomic E-state index is 13.1. The van der Waals surface area contributed by atoms with Gasteiger partial charge in [-0.05, 0) is 37.6 Å². The molecule has 11 heteroatoms. The summed E-state index contributed by atoms with van der Waals surface area (Å²) in [7, 11) is -4.05. The van der Waals surface area contributed by atoms with Crippen molar-refractivity contribution in [2.24, 2.45) is 0 Å². The lowest BCUT2D eigenvalue weighted by Crippen LogP contribution is -2.26. The second-order valence-electron chi connectivity index (χ2n) is 5.22. The van der Waals surface area contributed by atoms with Crippen LogP contribution in [0.5, 0.6) is 0 Å². The minimum absolute atomic E-state index is 0.0578. The lowest BCUT2D eigenvalue weighted by Gasteiger charge is -2.08. The number of rotatable bonds is 6. The van der Waals surface area contributed by atoms with E-state index in [-0.39, 0.29) is 25.2 Å². The Labute approximate surface area is 140 Å². The number of halogens is 5.